The summed E-state index contributed by atoms with van der Waals surface area (Å²) in [5.41, 5.74) is 2.08. The lowest BCUT2D eigenvalue weighted by atomic mass is 10.1. The lowest BCUT2D eigenvalue weighted by Gasteiger charge is -2.31. The fourth-order valence-corrected chi connectivity index (χ4v) is 3.62. The Hall–Kier alpha value is -1.95. The van der Waals surface area contributed by atoms with Crippen LogP contribution >= 0.6 is 11.6 Å². The molecular weight excluding hydrogens is 354 g/mol. The molecule has 4 rings (SSSR count). The quantitative estimate of drug-likeness (QED) is 0.793. The summed E-state index contributed by atoms with van der Waals surface area (Å²) < 4.78 is 23.0. The number of fused-ring (bicyclic) bond motifs is 2. The molecule has 1 unspecified atom stereocenters. The van der Waals surface area contributed by atoms with Crippen LogP contribution in [-0.4, -0.2) is 37.5 Å². The number of halogens is 1. The van der Waals surface area contributed by atoms with Crippen molar-refractivity contribution in [2.45, 2.75) is 26.2 Å². The predicted molar refractivity (Wildman–Crippen MR) is 99.0 cm³/mol. The Bertz CT molecular complexity index is 782. The largest absolute Gasteiger partial charge is 0.486 e. The van der Waals surface area contributed by atoms with Crippen molar-refractivity contribution in [3.8, 4) is 17.2 Å². The molecule has 0 N–H and O–H groups in total. The molecule has 0 radical (unpaired) electrons. The van der Waals surface area contributed by atoms with Gasteiger partial charge in [-0.15, -0.1) is 0 Å². The normalized spacial score (nSPS) is 18.3. The first kappa shape index (κ1) is 17.5. The third-order valence-electron chi connectivity index (χ3n) is 4.62. The minimum atomic E-state index is -0.0101. The lowest BCUT2D eigenvalue weighted by Crippen LogP contribution is -2.40. The van der Waals surface area contributed by atoms with Gasteiger partial charge in [-0.05, 0) is 30.8 Å². The first-order valence-electron chi connectivity index (χ1n) is 8.85. The second-order valence-corrected chi connectivity index (χ2v) is 6.93. The molecule has 0 saturated heterocycles. The first-order valence-corrected chi connectivity index (χ1v) is 9.23. The van der Waals surface area contributed by atoms with Gasteiger partial charge in [-0.3, -0.25) is 4.90 Å². The molecule has 2 aromatic rings. The second-order valence-electron chi connectivity index (χ2n) is 6.49. The summed E-state index contributed by atoms with van der Waals surface area (Å²) >= 11 is 6.28. The molecule has 2 aliphatic heterocycles. The summed E-state index contributed by atoms with van der Waals surface area (Å²) in [6, 6.07) is 11.7. The zero-order valence-corrected chi connectivity index (χ0v) is 15.5. The van der Waals surface area contributed by atoms with Gasteiger partial charge in [0.1, 0.15) is 18.5 Å². The smallest absolute Gasteiger partial charge is 0.189 e. The maximum Gasteiger partial charge on any atom is 0.189 e. The number of nitrogens with zero attached hydrogens (tertiary/aromatic N) is 1. The van der Waals surface area contributed by atoms with Crippen LogP contribution in [0, 0.1) is 0 Å². The fourth-order valence-electron chi connectivity index (χ4n) is 3.36. The van der Waals surface area contributed by atoms with Gasteiger partial charge in [0, 0.05) is 29.2 Å². The van der Waals surface area contributed by atoms with Gasteiger partial charge in [0.15, 0.2) is 18.3 Å². The van der Waals surface area contributed by atoms with Crippen molar-refractivity contribution in [1.82, 2.24) is 4.90 Å². The molecule has 0 fully saturated rings. The maximum absolute atomic E-state index is 6.28. The Morgan fingerprint density at radius 2 is 2.00 bits per heavy atom. The minimum absolute atomic E-state index is 0.0101. The van der Waals surface area contributed by atoms with Crippen molar-refractivity contribution in [2.75, 3.05) is 26.5 Å². The van der Waals surface area contributed by atoms with E-state index in [1.165, 1.54) is 0 Å². The molecule has 0 aromatic heterocycles. The maximum atomic E-state index is 6.28. The van der Waals surface area contributed by atoms with Crippen LogP contribution in [0.3, 0.4) is 0 Å². The van der Waals surface area contributed by atoms with Crippen LogP contribution in [0.2, 0.25) is 5.02 Å². The number of likely N-dealkylation sites (N-methyl/N-ethyl adjacent to an activating group) is 1. The van der Waals surface area contributed by atoms with Gasteiger partial charge in [-0.25, -0.2) is 0 Å². The molecule has 0 saturated carbocycles. The lowest BCUT2D eigenvalue weighted by molar-refractivity contribution is -0.0176. The summed E-state index contributed by atoms with van der Waals surface area (Å²) in [5.74, 6) is 2.51. The Labute approximate surface area is 158 Å². The van der Waals surface area contributed by atoms with Crippen LogP contribution < -0.4 is 14.2 Å². The molecule has 0 aliphatic carbocycles. The molecule has 2 aromatic carbocycles. The van der Waals surface area contributed by atoms with E-state index in [0.717, 1.165) is 48.0 Å². The van der Waals surface area contributed by atoms with Gasteiger partial charge in [-0.1, -0.05) is 30.7 Å². The molecule has 5 nitrogen and oxygen atoms in total. The van der Waals surface area contributed by atoms with E-state index >= 15 is 0 Å². The van der Waals surface area contributed by atoms with Crippen LogP contribution in [-0.2, 0) is 17.9 Å². The number of ether oxygens (including phenoxy) is 4. The highest BCUT2D eigenvalue weighted by atomic mass is 35.5. The summed E-state index contributed by atoms with van der Waals surface area (Å²) in [5, 5.41) is 0.704. The van der Waals surface area contributed by atoms with E-state index in [0.29, 0.717) is 18.2 Å². The summed E-state index contributed by atoms with van der Waals surface area (Å²) in [6.07, 6.45) is -0.0101. The Balaban J connectivity index is 1.47. The van der Waals surface area contributed by atoms with E-state index in [1.807, 2.05) is 36.4 Å². The molecule has 1 atom stereocenters. The van der Waals surface area contributed by atoms with E-state index in [9.17, 15) is 0 Å². The van der Waals surface area contributed by atoms with Crippen LogP contribution in [0.15, 0.2) is 36.4 Å². The molecule has 6 heteroatoms. The van der Waals surface area contributed by atoms with Crippen molar-refractivity contribution < 1.29 is 18.9 Å². The van der Waals surface area contributed by atoms with Crippen molar-refractivity contribution in [1.29, 1.82) is 0 Å². The van der Waals surface area contributed by atoms with Crippen LogP contribution in [0.25, 0.3) is 0 Å². The van der Waals surface area contributed by atoms with Crippen molar-refractivity contribution in [2.24, 2.45) is 0 Å². The molecular formula is C20H22ClNO4. The zero-order chi connectivity index (χ0) is 17.9. The molecule has 2 aliphatic rings. The van der Waals surface area contributed by atoms with Gasteiger partial charge in [0.25, 0.3) is 0 Å². The summed E-state index contributed by atoms with van der Waals surface area (Å²) in [7, 11) is 0. The fraction of sp³-hybridized carbons (Fsp3) is 0.400. The van der Waals surface area contributed by atoms with E-state index in [4.69, 9.17) is 30.5 Å². The molecule has 0 spiro atoms. The number of hydrogen-bond acceptors (Lipinski definition) is 5. The van der Waals surface area contributed by atoms with Crippen molar-refractivity contribution >= 4 is 11.6 Å². The first-order chi connectivity index (χ1) is 12.7. The molecule has 0 bridgehead atoms. The van der Waals surface area contributed by atoms with Crippen LogP contribution in [0.4, 0.5) is 0 Å². The molecule has 2 heterocycles. The average molecular weight is 376 g/mol. The van der Waals surface area contributed by atoms with Gasteiger partial charge < -0.3 is 18.9 Å². The Morgan fingerprint density at radius 1 is 1.15 bits per heavy atom. The van der Waals surface area contributed by atoms with Gasteiger partial charge >= 0.3 is 0 Å². The highest BCUT2D eigenvalue weighted by molar-refractivity contribution is 6.30. The molecule has 138 valence electrons. The average Bonchev–Trinajstić information content (AvgIpc) is 2.67. The Morgan fingerprint density at radius 3 is 2.85 bits per heavy atom. The van der Waals surface area contributed by atoms with E-state index in [2.05, 4.69) is 11.8 Å². The van der Waals surface area contributed by atoms with E-state index < -0.39 is 0 Å². The SMILES string of the molecule is CCN(Cc1cc(Cl)cc2c1OCOC2)CC1COc2ccccc2O1. The highest BCUT2D eigenvalue weighted by Crippen LogP contribution is 2.33. The van der Waals surface area contributed by atoms with Crippen molar-refractivity contribution in [3.63, 3.8) is 0 Å². The topological polar surface area (TPSA) is 40.2 Å². The zero-order valence-electron chi connectivity index (χ0n) is 14.7. The number of rotatable bonds is 5. The van der Waals surface area contributed by atoms with Gasteiger partial charge in [0.2, 0.25) is 0 Å². The number of benzene rings is 2. The second kappa shape index (κ2) is 7.74. The molecule has 0 amide bonds. The van der Waals surface area contributed by atoms with Gasteiger partial charge in [-0.2, -0.15) is 0 Å². The number of hydrogen-bond donors (Lipinski definition) is 0. The third kappa shape index (κ3) is 3.75. The summed E-state index contributed by atoms with van der Waals surface area (Å²) in [4.78, 5) is 2.31. The monoisotopic (exact) mass is 375 g/mol. The Kier molecular flexibility index (Phi) is 5.20. The van der Waals surface area contributed by atoms with Crippen LogP contribution in [0.5, 0.6) is 17.2 Å². The van der Waals surface area contributed by atoms with Crippen LogP contribution in [0.1, 0.15) is 18.1 Å². The summed E-state index contributed by atoms with van der Waals surface area (Å²) in [6.45, 7) is 5.89. The van der Waals surface area contributed by atoms with Crippen molar-refractivity contribution in [3.05, 3.63) is 52.5 Å². The minimum Gasteiger partial charge on any atom is -0.486 e. The highest BCUT2D eigenvalue weighted by Gasteiger charge is 2.24. The van der Waals surface area contributed by atoms with E-state index in [1.54, 1.807) is 0 Å². The standard InChI is InChI=1S/C20H22ClNO4/c1-2-22(10-17-12-24-18-5-3-4-6-19(18)26-17)9-14-7-16(21)8-15-11-23-13-25-20(14)15/h3-8,17H,2,9-13H2,1H3. The van der Waals surface area contributed by atoms with Gasteiger partial charge in [0.05, 0.1) is 6.61 Å². The third-order valence-corrected chi connectivity index (χ3v) is 4.84. The molecule has 26 heavy (non-hydrogen) atoms. The predicted octanol–water partition coefficient (Wildman–Crippen LogP) is 3.87. The van der Waals surface area contributed by atoms with E-state index in [-0.39, 0.29) is 12.9 Å². The number of para-hydroxylation sites is 2.